The fourth-order valence-electron chi connectivity index (χ4n) is 1.51. The highest BCUT2D eigenvalue weighted by atomic mass is 32.2. The number of hydrogen-bond donors (Lipinski definition) is 3. The van der Waals surface area contributed by atoms with Gasteiger partial charge in [-0.25, -0.2) is 0 Å². The summed E-state index contributed by atoms with van der Waals surface area (Å²) in [5.74, 6) is -0.321. The van der Waals surface area contributed by atoms with Crippen LogP contribution in [0.1, 0.15) is 19.8 Å². The van der Waals surface area contributed by atoms with Gasteiger partial charge in [0.05, 0.1) is 5.75 Å². The van der Waals surface area contributed by atoms with Crippen LogP contribution < -0.4 is 10.6 Å². The molecule has 0 bridgehead atoms. The smallest absolute Gasteiger partial charge is 0.264 e. The van der Waals surface area contributed by atoms with Gasteiger partial charge in [0.25, 0.3) is 10.1 Å². The number of rotatable bonds is 6. The molecular formula is C8H16N2O4S. The van der Waals surface area contributed by atoms with Gasteiger partial charge in [-0.15, -0.1) is 0 Å². The van der Waals surface area contributed by atoms with Crippen molar-refractivity contribution in [3.63, 3.8) is 0 Å². The first-order chi connectivity index (χ1) is 6.90. The van der Waals surface area contributed by atoms with Gasteiger partial charge in [-0.2, -0.15) is 8.42 Å². The molecule has 0 aromatic carbocycles. The molecule has 88 valence electrons. The molecule has 1 aliphatic heterocycles. The molecule has 0 aromatic heterocycles. The van der Waals surface area contributed by atoms with Crippen molar-refractivity contribution in [2.24, 2.45) is 0 Å². The Kier molecular flexibility index (Phi) is 3.69. The van der Waals surface area contributed by atoms with Crippen LogP contribution in [0.3, 0.4) is 0 Å². The topological polar surface area (TPSA) is 95.5 Å². The number of amides is 1. The van der Waals surface area contributed by atoms with Crippen molar-refractivity contribution in [2.45, 2.75) is 25.3 Å². The van der Waals surface area contributed by atoms with Gasteiger partial charge < -0.3 is 10.6 Å². The van der Waals surface area contributed by atoms with Crippen molar-refractivity contribution < 1.29 is 17.8 Å². The number of carbonyl (C=O) groups is 1. The predicted molar refractivity (Wildman–Crippen MR) is 55.1 cm³/mol. The average molecular weight is 236 g/mol. The number of hydrogen-bond acceptors (Lipinski definition) is 4. The first-order valence-corrected chi connectivity index (χ1v) is 6.49. The van der Waals surface area contributed by atoms with Crippen LogP contribution in [0.4, 0.5) is 0 Å². The normalized spacial score (nSPS) is 25.9. The third-order valence-corrected chi connectivity index (χ3v) is 3.44. The van der Waals surface area contributed by atoms with Crippen molar-refractivity contribution in [2.75, 3.05) is 18.8 Å². The number of β-lactam (4-membered cyclic amide) rings is 1. The van der Waals surface area contributed by atoms with Gasteiger partial charge in [-0.1, -0.05) is 6.92 Å². The van der Waals surface area contributed by atoms with E-state index in [0.717, 1.165) is 0 Å². The van der Waals surface area contributed by atoms with Crippen LogP contribution in [0.25, 0.3) is 0 Å². The van der Waals surface area contributed by atoms with Gasteiger partial charge in [0.15, 0.2) is 0 Å². The summed E-state index contributed by atoms with van der Waals surface area (Å²) < 4.78 is 29.3. The second-order valence-corrected chi connectivity index (χ2v) is 5.26. The van der Waals surface area contributed by atoms with E-state index < -0.39 is 15.7 Å². The molecule has 0 aromatic rings. The van der Waals surface area contributed by atoms with Crippen LogP contribution >= 0.6 is 0 Å². The zero-order valence-corrected chi connectivity index (χ0v) is 9.43. The van der Waals surface area contributed by atoms with E-state index in [1.165, 1.54) is 0 Å². The Balaban J connectivity index is 2.28. The predicted octanol–water partition coefficient (Wildman–Crippen LogP) is -0.867. The largest absolute Gasteiger partial charge is 0.352 e. The highest BCUT2D eigenvalue weighted by Crippen LogP contribution is 2.16. The molecule has 1 saturated heterocycles. The van der Waals surface area contributed by atoms with E-state index in [1.54, 1.807) is 0 Å². The molecule has 1 fully saturated rings. The maximum Gasteiger partial charge on any atom is 0.264 e. The summed E-state index contributed by atoms with van der Waals surface area (Å²) in [7, 11) is -3.89. The van der Waals surface area contributed by atoms with Gasteiger partial charge in [-0.3, -0.25) is 9.35 Å². The molecule has 3 N–H and O–H groups in total. The average Bonchev–Trinajstić information content (AvgIpc) is 2.14. The van der Waals surface area contributed by atoms with Gasteiger partial charge in [0.1, 0.15) is 5.54 Å². The van der Waals surface area contributed by atoms with E-state index in [4.69, 9.17) is 4.55 Å². The third kappa shape index (κ3) is 3.15. The molecule has 1 atom stereocenters. The Morgan fingerprint density at radius 3 is 2.60 bits per heavy atom. The monoisotopic (exact) mass is 236 g/mol. The minimum Gasteiger partial charge on any atom is -0.352 e. The van der Waals surface area contributed by atoms with Gasteiger partial charge in [-0.05, 0) is 19.4 Å². The highest BCUT2D eigenvalue weighted by Gasteiger charge is 2.43. The summed E-state index contributed by atoms with van der Waals surface area (Å²) in [5.41, 5.74) is -0.529. The Morgan fingerprint density at radius 1 is 1.60 bits per heavy atom. The zero-order valence-electron chi connectivity index (χ0n) is 8.62. The Bertz CT molecular complexity index is 337. The quantitative estimate of drug-likeness (QED) is 0.316. The first-order valence-electron chi connectivity index (χ1n) is 4.88. The van der Waals surface area contributed by atoms with E-state index in [2.05, 4.69) is 10.6 Å². The van der Waals surface area contributed by atoms with Crippen LogP contribution in [-0.4, -0.2) is 43.3 Å². The molecule has 0 radical (unpaired) electrons. The minimum atomic E-state index is -3.89. The molecule has 0 spiro atoms. The van der Waals surface area contributed by atoms with Crippen LogP contribution in [-0.2, 0) is 14.9 Å². The lowest BCUT2D eigenvalue weighted by Gasteiger charge is -2.40. The lowest BCUT2D eigenvalue weighted by atomic mass is 9.88. The first kappa shape index (κ1) is 12.4. The Morgan fingerprint density at radius 2 is 2.27 bits per heavy atom. The second-order valence-electron chi connectivity index (χ2n) is 3.68. The summed E-state index contributed by atoms with van der Waals surface area (Å²) in [5, 5.41) is 5.66. The van der Waals surface area contributed by atoms with E-state index >= 15 is 0 Å². The zero-order chi connectivity index (χ0) is 11.5. The molecule has 1 rings (SSSR count). The molecule has 0 aliphatic carbocycles. The van der Waals surface area contributed by atoms with E-state index in [1.807, 2.05) is 6.92 Å². The minimum absolute atomic E-state index is 0.0446. The highest BCUT2D eigenvalue weighted by molar-refractivity contribution is 7.85. The van der Waals surface area contributed by atoms with Crippen molar-refractivity contribution in [1.29, 1.82) is 0 Å². The summed E-state index contributed by atoms with van der Waals surface area (Å²) >= 11 is 0. The number of carbonyl (C=O) groups excluding carboxylic acids is 1. The molecule has 1 unspecified atom stereocenters. The van der Waals surface area contributed by atoms with E-state index in [0.29, 0.717) is 25.9 Å². The molecule has 7 heteroatoms. The molecular weight excluding hydrogens is 220 g/mol. The fraction of sp³-hybridized carbons (Fsp3) is 0.875. The SMILES string of the molecule is CCC1(NCCCS(=O)(=O)O)CNC1=O. The van der Waals surface area contributed by atoms with Crippen molar-refractivity contribution >= 4 is 16.0 Å². The Hall–Kier alpha value is -0.660. The summed E-state index contributed by atoms with van der Waals surface area (Å²) in [6.07, 6.45) is 0.971. The van der Waals surface area contributed by atoms with Crippen LogP contribution in [0, 0.1) is 0 Å². The van der Waals surface area contributed by atoms with Gasteiger partial charge in [0.2, 0.25) is 5.91 Å². The summed E-state index contributed by atoms with van der Waals surface area (Å²) in [6.45, 7) is 2.88. The van der Waals surface area contributed by atoms with E-state index in [9.17, 15) is 13.2 Å². The number of nitrogens with one attached hydrogen (secondary N) is 2. The lowest BCUT2D eigenvalue weighted by Crippen LogP contribution is -2.71. The Labute approximate surface area is 89.2 Å². The second kappa shape index (κ2) is 4.46. The maximum absolute atomic E-state index is 11.2. The molecule has 1 amide bonds. The molecule has 1 aliphatic rings. The fourth-order valence-corrected chi connectivity index (χ4v) is 2.02. The van der Waals surface area contributed by atoms with Crippen LogP contribution in [0.2, 0.25) is 0 Å². The van der Waals surface area contributed by atoms with Gasteiger partial charge in [0, 0.05) is 6.54 Å². The van der Waals surface area contributed by atoms with Crippen LogP contribution in [0.15, 0.2) is 0 Å². The van der Waals surface area contributed by atoms with Gasteiger partial charge >= 0.3 is 0 Å². The van der Waals surface area contributed by atoms with E-state index in [-0.39, 0.29) is 11.7 Å². The van der Waals surface area contributed by atoms with Crippen molar-refractivity contribution in [1.82, 2.24) is 10.6 Å². The van der Waals surface area contributed by atoms with Crippen molar-refractivity contribution in [3.05, 3.63) is 0 Å². The third-order valence-electron chi connectivity index (χ3n) is 2.63. The lowest BCUT2D eigenvalue weighted by molar-refractivity contribution is -0.135. The summed E-state index contributed by atoms with van der Waals surface area (Å²) in [6, 6.07) is 0. The molecule has 15 heavy (non-hydrogen) atoms. The maximum atomic E-state index is 11.2. The summed E-state index contributed by atoms with van der Waals surface area (Å²) in [4.78, 5) is 11.2. The molecule has 0 saturated carbocycles. The standard InChI is InChI=1S/C8H16N2O4S/c1-2-8(6-9-7(8)11)10-4-3-5-15(12,13)14/h10H,2-6H2,1H3,(H,9,11)(H,12,13,14). The molecule has 6 nitrogen and oxygen atoms in total. The van der Waals surface area contributed by atoms with Crippen molar-refractivity contribution in [3.8, 4) is 0 Å². The van der Waals surface area contributed by atoms with Crippen LogP contribution in [0.5, 0.6) is 0 Å². The molecule has 1 heterocycles.